The number of carbonyl (C=O) groups is 3. The van der Waals surface area contributed by atoms with Crippen molar-refractivity contribution >= 4 is 23.9 Å². The van der Waals surface area contributed by atoms with E-state index in [0.29, 0.717) is 75.3 Å². The van der Waals surface area contributed by atoms with Crippen molar-refractivity contribution in [3.8, 4) is 5.75 Å². The molecule has 7 rings (SSSR count). The molecule has 2 bridgehead atoms. The zero-order chi connectivity index (χ0) is 38.9. The van der Waals surface area contributed by atoms with Crippen LogP contribution in [0.25, 0.3) is 5.57 Å². The van der Waals surface area contributed by atoms with Crippen molar-refractivity contribution in [2.45, 2.75) is 81.5 Å². The lowest BCUT2D eigenvalue weighted by atomic mass is 9.82. The average Bonchev–Trinajstić information content (AvgIpc) is 3.91. The Hall–Kier alpha value is -4.89. The van der Waals surface area contributed by atoms with Gasteiger partial charge in [-0.2, -0.15) is 17.6 Å². The largest absolute Gasteiger partial charge is 0.488 e. The standard InChI is InChI=1S/C40H40F6N4O5/c41-31-12-13-32(42)37(36(31)43)54-14-2-4-23-6-8-25(9-7-23)30-16-27-20-49(38(52)33-17-29(18-47-33)55-22-51)21-34(48-27)35(30)39(53)50(28-10-11-28)19-24-3-1-5-26(15-24)40(44,45)46/h1,3,5-9,12-13,15,22,27-29,33-34,47-48H,2,4,10-11,14,16-21H2/t27-,29+,33?,34+/m0/s1. The van der Waals surface area contributed by atoms with Crippen LogP contribution in [0.4, 0.5) is 26.3 Å². The Morgan fingerprint density at radius 3 is 2.45 bits per heavy atom. The number of aryl methyl sites for hydroxylation is 1. The van der Waals surface area contributed by atoms with Gasteiger partial charge in [0.2, 0.25) is 11.7 Å². The van der Waals surface area contributed by atoms with Crippen LogP contribution in [0, 0.1) is 17.5 Å². The first-order valence-electron chi connectivity index (χ1n) is 18.3. The fraction of sp³-hybridized carbons (Fsp3) is 0.425. The van der Waals surface area contributed by atoms with Gasteiger partial charge in [-0.1, -0.05) is 36.4 Å². The third-order valence-corrected chi connectivity index (χ3v) is 10.6. The van der Waals surface area contributed by atoms with Gasteiger partial charge in [0, 0.05) is 50.3 Å². The number of nitrogens with zero attached hydrogens (tertiary/aromatic N) is 2. The Kier molecular flexibility index (Phi) is 11.2. The normalized spacial score (nSPS) is 22.4. The van der Waals surface area contributed by atoms with E-state index in [1.807, 2.05) is 24.3 Å². The third-order valence-electron chi connectivity index (χ3n) is 10.6. The molecular weight excluding hydrogens is 730 g/mol. The van der Waals surface area contributed by atoms with Crippen LogP contribution in [0.15, 0.2) is 66.2 Å². The Balaban J connectivity index is 1.13. The van der Waals surface area contributed by atoms with Crippen LogP contribution in [-0.4, -0.2) is 84.6 Å². The summed E-state index contributed by atoms with van der Waals surface area (Å²) in [6.07, 6.45) is -1.94. The predicted molar refractivity (Wildman–Crippen MR) is 188 cm³/mol. The van der Waals surface area contributed by atoms with E-state index < -0.39 is 53.1 Å². The van der Waals surface area contributed by atoms with Crippen LogP contribution in [-0.2, 0) is 38.3 Å². The molecule has 292 valence electrons. The highest BCUT2D eigenvalue weighted by atomic mass is 19.4. The van der Waals surface area contributed by atoms with Gasteiger partial charge in [0.15, 0.2) is 17.4 Å². The molecule has 3 heterocycles. The zero-order valence-corrected chi connectivity index (χ0v) is 29.7. The lowest BCUT2D eigenvalue weighted by Crippen LogP contribution is -2.63. The summed E-state index contributed by atoms with van der Waals surface area (Å²) in [6.45, 7) is 1.20. The number of halogens is 6. The number of hydrogen-bond donors (Lipinski definition) is 2. The van der Waals surface area contributed by atoms with E-state index in [0.717, 1.165) is 34.9 Å². The van der Waals surface area contributed by atoms with Gasteiger partial charge in [-0.15, -0.1) is 0 Å². The van der Waals surface area contributed by atoms with E-state index in [1.54, 1.807) is 15.9 Å². The number of amides is 2. The summed E-state index contributed by atoms with van der Waals surface area (Å²) in [4.78, 5) is 42.7. The minimum atomic E-state index is -4.54. The van der Waals surface area contributed by atoms with Crippen LogP contribution in [0.1, 0.15) is 54.4 Å². The molecule has 55 heavy (non-hydrogen) atoms. The molecule has 2 amide bonds. The molecule has 2 saturated heterocycles. The van der Waals surface area contributed by atoms with Gasteiger partial charge in [-0.3, -0.25) is 14.4 Å². The topological polar surface area (TPSA) is 100 Å². The first kappa shape index (κ1) is 38.4. The fourth-order valence-electron chi connectivity index (χ4n) is 7.76. The van der Waals surface area contributed by atoms with Crippen LogP contribution in [0.3, 0.4) is 0 Å². The maximum absolute atomic E-state index is 14.8. The summed E-state index contributed by atoms with van der Waals surface area (Å²) in [7, 11) is 0. The van der Waals surface area contributed by atoms with Gasteiger partial charge in [0.1, 0.15) is 6.10 Å². The predicted octanol–water partition coefficient (Wildman–Crippen LogP) is 5.56. The van der Waals surface area contributed by atoms with Crippen molar-refractivity contribution in [1.29, 1.82) is 0 Å². The van der Waals surface area contributed by atoms with E-state index in [2.05, 4.69) is 10.6 Å². The van der Waals surface area contributed by atoms with Crippen molar-refractivity contribution in [2.24, 2.45) is 0 Å². The van der Waals surface area contributed by atoms with Crippen LogP contribution in [0.2, 0.25) is 0 Å². The second kappa shape index (κ2) is 16.1. The van der Waals surface area contributed by atoms with Gasteiger partial charge < -0.3 is 29.9 Å². The molecule has 3 aromatic rings. The van der Waals surface area contributed by atoms with Gasteiger partial charge in [-0.25, -0.2) is 8.78 Å². The third kappa shape index (κ3) is 8.67. The molecule has 9 nitrogen and oxygen atoms in total. The van der Waals surface area contributed by atoms with Gasteiger partial charge in [0.25, 0.3) is 12.4 Å². The van der Waals surface area contributed by atoms with Crippen LogP contribution >= 0.6 is 0 Å². The van der Waals surface area contributed by atoms with E-state index in [9.17, 15) is 40.7 Å². The maximum atomic E-state index is 14.8. The number of piperazine rings is 1. The molecule has 15 heteroatoms. The first-order valence-corrected chi connectivity index (χ1v) is 18.3. The second-order valence-corrected chi connectivity index (χ2v) is 14.5. The number of hydrogen-bond acceptors (Lipinski definition) is 7. The van der Waals surface area contributed by atoms with Gasteiger partial charge in [0.05, 0.1) is 24.3 Å². The zero-order valence-electron chi connectivity index (χ0n) is 29.7. The molecular formula is C40H40F6N4O5. The monoisotopic (exact) mass is 770 g/mol. The smallest absolute Gasteiger partial charge is 0.416 e. The Bertz CT molecular complexity index is 1950. The summed E-state index contributed by atoms with van der Waals surface area (Å²) in [6, 6.07) is 12.5. The molecule has 0 aromatic heterocycles. The average molecular weight is 771 g/mol. The lowest BCUT2D eigenvalue weighted by Gasteiger charge is -2.45. The molecule has 0 radical (unpaired) electrons. The SMILES string of the molecule is O=CO[C@H]1CNC(C(=O)N2C[C@@H]3CC(c4ccc(CCCOc5c(F)ccc(F)c5F)cc4)=C(C(=O)N(Cc4cccc(C(F)(F)F)c4)C4CC4)[C@@H](C2)N3)C1. The number of carbonyl (C=O) groups excluding carboxylic acids is 3. The molecule has 3 aliphatic heterocycles. The van der Waals surface area contributed by atoms with E-state index >= 15 is 0 Å². The molecule has 4 aliphatic rings. The van der Waals surface area contributed by atoms with Crippen molar-refractivity contribution < 1.29 is 50.2 Å². The van der Waals surface area contributed by atoms with E-state index in [-0.39, 0.29) is 43.6 Å². The number of fused-ring (bicyclic) bond motifs is 2. The molecule has 2 N–H and O–H groups in total. The molecule has 3 aromatic carbocycles. The molecule has 1 saturated carbocycles. The summed E-state index contributed by atoms with van der Waals surface area (Å²) in [5.74, 6) is -4.82. The van der Waals surface area contributed by atoms with Crippen LogP contribution < -0.4 is 15.4 Å². The highest BCUT2D eigenvalue weighted by Gasteiger charge is 2.45. The first-order chi connectivity index (χ1) is 26.4. The number of ether oxygens (including phenoxy) is 2. The molecule has 0 spiro atoms. The van der Waals surface area contributed by atoms with E-state index in [4.69, 9.17) is 9.47 Å². The minimum Gasteiger partial charge on any atom is -0.488 e. The summed E-state index contributed by atoms with van der Waals surface area (Å²) in [5.41, 5.74) is 2.47. The summed E-state index contributed by atoms with van der Waals surface area (Å²) < 4.78 is 92.6. The Morgan fingerprint density at radius 1 is 0.964 bits per heavy atom. The van der Waals surface area contributed by atoms with Crippen molar-refractivity contribution in [1.82, 2.24) is 20.4 Å². The number of alkyl halides is 3. The summed E-state index contributed by atoms with van der Waals surface area (Å²) >= 11 is 0. The lowest BCUT2D eigenvalue weighted by molar-refractivity contribution is -0.137. The van der Waals surface area contributed by atoms with Gasteiger partial charge in [-0.05, 0) is 78.6 Å². The van der Waals surface area contributed by atoms with E-state index in [1.165, 1.54) is 6.07 Å². The highest BCUT2D eigenvalue weighted by Crippen LogP contribution is 2.38. The van der Waals surface area contributed by atoms with Crippen molar-refractivity contribution in [3.05, 3.63) is 106 Å². The number of nitrogens with one attached hydrogen (secondary N) is 2. The number of rotatable bonds is 13. The molecule has 4 atom stereocenters. The maximum Gasteiger partial charge on any atom is 0.416 e. The van der Waals surface area contributed by atoms with Crippen molar-refractivity contribution in [3.63, 3.8) is 0 Å². The molecule has 3 fully saturated rings. The fourth-order valence-corrected chi connectivity index (χ4v) is 7.76. The quantitative estimate of drug-likeness (QED) is 0.102. The second-order valence-electron chi connectivity index (χ2n) is 14.5. The summed E-state index contributed by atoms with van der Waals surface area (Å²) in [5, 5.41) is 6.66. The highest BCUT2D eigenvalue weighted by molar-refractivity contribution is 6.03. The van der Waals surface area contributed by atoms with Crippen molar-refractivity contribution in [2.75, 3.05) is 26.2 Å². The van der Waals surface area contributed by atoms with Crippen LogP contribution in [0.5, 0.6) is 5.75 Å². The number of benzene rings is 3. The molecule has 1 aliphatic carbocycles. The van der Waals surface area contributed by atoms with Gasteiger partial charge >= 0.3 is 6.18 Å². The molecule has 1 unspecified atom stereocenters. The Labute approximate surface area is 313 Å². The Morgan fingerprint density at radius 2 is 1.73 bits per heavy atom. The minimum absolute atomic E-state index is 0.0163.